The highest BCUT2D eigenvalue weighted by Crippen LogP contribution is 2.75. The number of carboxylic acid groups (broad SMARTS) is 1. The van der Waals surface area contributed by atoms with Gasteiger partial charge in [0.25, 0.3) is 0 Å². The van der Waals surface area contributed by atoms with Crippen LogP contribution in [-0.4, -0.2) is 34.0 Å². The molecule has 3 saturated carbocycles. The first-order chi connectivity index (χ1) is 15.8. The quantitative estimate of drug-likeness (QED) is 0.454. The van der Waals surface area contributed by atoms with Crippen molar-refractivity contribution in [3.63, 3.8) is 0 Å². The fourth-order valence-electron chi connectivity index (χ4n) is 10.3. The molecule has 4 heteroatoms. The number of carboxylic acids is 1. The van der Waals surface area contributed by atoms with Gasteiger partial charge in [-0.1, -0.05) is 46.3 Å². The Morgan fingerprint density at radius 3 is 2.35 bits per heavy atom. The third-order valence-electron chi connectivity index (χ3n) is 12.9. The number of hydrogen-bond acceptors (Lipinski definition) is 3. The van der Waals surface area contributed by atoms with Crippen molar-refractivity contribution in [1.82, 2.24) is 0 Å². The second-order valence-corrected chi connectivity index (χ2v) is 13.9. The van der Waals surface area contributed by atoms with E-state index in [-0.39, 0.29) is 22.9 Å². The summed E-state index contributed by atoms with van der Waals surface area (Å²) in [5.41, 5.74) is 2.80. The molecule has 0 aromatic heterocycles. The molecule has 0 amide bonds. The van der Waals surface area contributed by atoms with Crippen molar-refractivity contribution in [2.75, 3.05) is 6.61 Å². The van der Waals surface area contributed by atoms with E-state index in [2.05, 4.69) is 47.6 Å². The molecule has 0 heterocycles. The summed E-state index contributed by atoms with van der Waals surface area (Å²) in [5, 5.41) is 31.8. The number of allylic oxidation sites excluding steroid dienone is 3. The maximum Gasteiger partial charge on any atom is 0.314 e. The van der Waals surface area contributed by atoms with Crippen LogP contribution in [0.1, 0.15) is 99.3 Å². The zero-order valence-electron chi connectivity index (χ0n) is 22.2. The monoisotopic (exact) mass is 470 g/mol. The average Bonchev–Trinajstić information content (AvgIpc) is 2.79. The Morgan fingerprint density at radius 2 is 1.71 bits per heavy atom. The molecule has 0 radical (unpaired) electrons. The minimum atomic E-state index is -0.712. The number of fused-ring (bicyclic) bond motifs is 7. The molecule has 4 nitrogen and oxygen atoms in total. The molecule has 0 bridgehead atoms. The molecule has 0 aliphatic heterocycles. The number of aliphatic hydroxyl groups excluding tert-OH is 2. The van der Waals surface area contributed by atoms with E-state index in [0.29, 0.717) is 17.8 Å². The van der Waals surface area contributed by atoms with Gasteiger partial charge in [0.05, 0.1) is 18.1 Å². The van der Waals surface area contributed by atoms with Crippen LogP contribution in [0, 0.1) is 44.8 Å². The lowest BCUT2D eigenvalue weighted by Crippen LogP contribution is -2.65. The van der Waals surface area contributed by atoms with Crippen molar-refractivity contribution in [2.45, 2.75) is 105 Å². The molecule has 34 heavy (non-hydrogen) atoms. The smallest absolute Gasteiger partial charge is 0.314 e. The van der Waals surface area contributed by atoms with Crippen LogP contribution in [0.4, 0.5) is 0 Å². The first kappa shape index (κ1) is 24.6. The Balaban J connectivity index is 1.65. The molecule has 0 aromatic rings. The first-order valence-electron chi connectivity index (χ1n) is 13.8. The van der Waals surface area contributed by atoms with Crippen LogP contribution < -0.4 is 0 Å². The van der Waals surface area contributed by atoms with Crippen molar-refractivity contribution >= 4 is 5.97 Å². The molecule has 190 valence electrons. The molecule has 0 aromatic carbocycles. The molecule has 5 aliphatic rings. The fraction of sp³-hybridized carbons (Fsp3) is 0.833. The van der Waals surface area contributed by atoms with Gasteiger partial charge >= 0.3 is 5.97 Å². The largest absolute Gasteiger partial charge is 0.481 e. The summed E-state index contributed by atoms with van der Waals surface area (Å²) in [4.78, 5) is 12.8. The van der Waals surface area contributed by atoms with Crippen LogP contribution in [0.15, 0.2) is 22.8 Å². The van der Waals surface area contributed by atoms with E-state index in [4.69, 9.17) is 0 Å². The predicted molar refractivity (Wildman–Crippen MR) is 134 cm³/mol. The van der Waals surface area contributed by atoms with Crippen molar-refractivity contribution in [3.8, 4) is 0 Å². The Bertz CT molecular complexity index is 965. The SMILES string of the molecule is CC1=C2C3=CC[C@@H]4[C@@]5(C)CC[C@H](O)[C@@](C)(CO)[C@@H]5CC[C@@]4(C)[C@]3(C)CC[C@@]2(C(=O)O)CC[C@H]1C. The summed E-state index contributed by atoms with van der Waals surface area (Å²) >= 11 is 0. The molecule has 0 saturated heterocycles. The van der Waals surface area contributed by atoms with Crippen molar-refractivity contribution < 1.29 is 20.1 Å². The fourth-order valence-corrected chi connectivity index (χ4v) is 10.3. The molecule has 0 unspecified atom stereocenters. The minimum absolute atomic E-state index is 0.0395. The number of aliphatic carboxylic acids is 1. The van der Waals surface area contributed by atoms with Crippen LogP contribution in [-0.2, 0) is 4.79 Å². The summed E-state index contributed by atoms with van der Waals surface area (Å²) in [6, 6.07) is 0. The Kier molecular flexibility index (Phi) is 5.38. The lowest BCUT2D eigenvalue weighted by Gasteiger charge is -2.70. The Morgan fingerprint density at radius 1 is 1.00 bits per heavy atom. The van der Waals surface area contributed by atoms with E-state index < -0.39 is 22.9 Å². The highest BCUT2D eigenvalue weighted by atomic mass is 16.4. The zero-order valence-corrected chi connectivity index (χ0v) is 22.2. The average molecular weight is 471 g/mol. The lowest BCUT2D eigenvalue weighted by molar-refractivity contribution is -0.211. The summed E-state index contributed by atoms with van der Waals surface area (Å²) in [6.45, 7) is 14.0. The molecule has 0 spiro atoms. The number of hydrogen-bond donors (Lipinski definition) is 3. The molecule has 5 aliphatic carbocycles. The highest BCUT2D eigenvalue weighted by Gasteiger charge is 2.68. The second-order valence-electron chi connectivity index (χ2n) is 13.9. The third-order valence-corrected chi connectivity index (χ3v) is 12.9. The van der Waals surface area contributed by atoms with Gasteiger partial charge in [0.15, 0.2) is 0 Å². The van der Waals surface area contributed by atoms with Gasteiger partial charge in [-0.2, -0.15) is 0 Å². The van der Waals surface area contributed by atoms with Crippen molar-refractivity contribution in [3.05, 3.63) is 22.8 Å². The highest BCUT2D eigenvalue weighted by molar-refractivity contribution is 5.82. The van der Waals surface area contributed by atoms with Crippen LogP contribution in [0.3, 0.4) is 0 Å². The molecule has 5 rings (SSSR count). The molecule has 3 N–H and O–H groups in total. The minimum Gasteiger partial charge on any atom is -0.481 e. The zero-order chi connectivity index (χ0) is 24.9. The van der Waals surface area contributed by atoms with Gasteiger partial charge in [-0.3, -0.25) is 4.79 Å². The molecule has 3 fully saturated rings. The van der Waals surface area contributed by atoms with Gasteiger partial charge in [-0.15, -0.1) is 0 Å². The van der Waals surface area contributed by atoms with Gasteiger partial charge in [-0.25, -0.2) is 0 Å². The first-order valence-corrected chi connectivity index (χ1v) is 13.8. The van der Waals surface area contributed by atoms with Crippen LogP contribution in [0.25, 0.3) is 0 Å². The second kappa shape index (κ2) is 7.44. The lowest BCUT2D eigenvalue weighted by atomic mass is 9.34. The van der Waals surface area contributed by atoms with Crippen LogP contribution in [0.2, 0.25) is 0 Å². The van der Waals surface area contributed by atoms with E-state index in [1.807, 2.05) is 0 Å². The van der Waals surface area contributed by atoms with E-state index >= 15 is 0 Å². The number of rotatable bonds is 2. The van der Waals surface area contributed by atoms with E-state index in [1.54, 1.807) is 0 Å². The van der Waals surface area contributed by atoms with E-state index in [0.717, 1.165) is 57.8 Å². The van der Waals surface area contributed by atoms with Gasteiger partial charge in [-0.05, 0) is 110 Å². The number of carbonyl (C=O) groups is 1. The standard InChI is InChI=1S/C30H46O4/c1-18-9-14-30(25(33)34)16-15-28(5)20(24(30)19(18)2)7-8-22-26(3)12-11-23(32)27(4,17-31)21(26)10-13-29(22,28)6/h7,18,21-23,31-32H,8-17H2,1-6H3,(H,33,34)/t18-,21-,22-,23+,26+,27+,28-,29-,30+/m1/s1. The molecule has 9 atom stereocenters. The summed E-state index contributed by atoms with van der Waals surface area (Å²) in [6.07, 6.45) is 10.3. The van der Waals surface area contributed by atoms with Gasteiger partial charge < -0.3 is 15.3 Å². The topological polar surface area (TPSA) is 77.8 Å². The molecular weight excluding hydrogens is 424 g/mol. The van der Waals surface area contributed by atoms with E-state index in [9.17, 15) is 20.1 Å². The summed E-state index contributed by atoms with van der Waals surface area (Å²) in [7, 11) is 0. The van der Waals surface area contributed by atoms with Gasteiger partial charge in [0.2, 0.25) is 0 Å². The predicted octanol–water partition coefficient (Wildman–Crippen LogP) is 6.13. The van der Waals surface area contributed by atoms with Crippen LogP contribution >= 0.6 is 0 Å². The Labute approximate surface area is 205 Å². The van der Waals surface area contributed by atoms with Crippen molar-refractivity contribution in [2.24, 2.45) is 44.8 Å². The summed E-state index contributed by atoms with van der Waals surface area (Å²) < 4.78 is 0. The normalized spacial score (nSPS) is 52.6. The van der Waals surface area contributed by atoms with Crippen LogP contribution in [0.5, 0.6) is 0 Å². The maximum atomic E-state index is 12.8. The third kappa shape index (κ3) is 2.71. The van der Waals surface area contributed by atoms with Gasteiger partial charge in [0, 0.05) is 5.41 Å². The van der Waals surface area contributed by atoms with E-state index in [1.165, 1.54) is 16.7 Å². The summed E-state index contributed by atoms with van der Waals surface area (Å²) in [5.74, 6) is 0.599. The maximum absolute atomic E-state index is 12.8. The number of aliphatic hydroxyl groups is 2. The Hall–Kier alpha value is -1.13. The van der Waals surface area contributed by atoms with Gasteiger partial charge in [0.1, 0.15) is 0 Å². The van der Waals surface area contributed by atoms with Crippen molar-refractivity contribution in [1.29, 1.82) is 0 Å². The molecular formula is C30H46O4.